The Labute approximate surface area is 303 Å². The van der Waals surface area contributed by atoms with Gasteiger partial charge in [-0.1, -0.05) is 18.2 Å². The van der Waals surface area contributed by atoms with Crippen LogP contribution in [0.5, 0.6) is 0 Å². The number of carbonyl (C=O) groups is 2. The van der Waals surface area contributed by atoms with Gasteiger partial charge < -0.3 is 30.7 Å². The first kappa shape index (κ1) is 36.6. The van der Waals surface area contributed by atoms with Crippen LogP contribution in [0.1, 0.15) is 56.2 Å². The van der Waals surface area contributed by atoms with Crippen molar-refractivity contribution in [1.29, 1.82) is 0 Å². The topological polar surface area (TPSA) is 132 Å². The summed E-state index contributed by atoms with van der Waals surface area (Å²) in [6.45, 7) is 9.87. The van der Waals surface area contributed by atoms with Crippen LogP contribution in [0.25, 0.3) is 32.3 Å². The minimum absolute atomic E-state index is 0. The van der Waals surface area contributed by atoms with Crippen molar-refractivity contribution < 1.29 is 56.2 Å². The van der Waals surface area contributed by atoms with E-state index in [-0.39, 0.29) is 62.4 Å². The first-order valence-electron chi connectivity index (χ1n) is 15.3. The van der Waals surface area contributed by atoms with Crippen LogP contribution in [0.4, 0.5) is 19.7 Å². The minimum Gasteiger partial charge on any atom is -0.699 e. The number of aryl methyl sites for hydroxylation is 1. The molecule has 0 unspecified atom stereocenters. The van der Waals surface area contributed by atoms with E-state index in [1.165, 1.54) is 29.2 Å². The number of nitrogens with one attached hydrogen (secondary N) is 2. The number of rotatable bonds is 4. The predicted octanol–water partition coefficient (Wildman–Crippen LogP) is 8.66. The molecule has 4 aromatic rings. The summed E-state index contributed by atoms with van der Waals surface area (Å²) in [5.74, 6) is 0.412. The fourth-order valence-electron chi connectivity index (χ4n) is 4.80. The van der Waals surface area contributed by atoms with Gasteiger partial charge in [0.15, 0.2) is 0 Å². The molecule has 10 nitrogen and oxygen atoms in total. The summed E-state index contributed by atoms with van der Waals surface area (Å²) in [5.41, 5.74) is 19.1. The molecule has 1 radical (unpaired) electrons. The molecule has 2 aliphatic heterocycles. The van der Waals surface area contributed by atoms with Gasteiger partial charge in [0.25, 0.3) is 0 Å². The molecule has 47 heavy (non-hydrogen) atoms. The number of fused-ring (bicyclic) bond motifs is 1. The number of ether oxygens (including phenoxy) is 2. The molecule has 5 heterocycles. The number of hydrogen-bond donors (Lipinski definition) is 0. The quantitative estimate of drug-likeness (QED) is 0.206. The largest absolute Gasteiger partial charge is 0.699 e. The molecule has 2 saturated heterocycles. The van der Waals surface area contributed by atoms with E-state index in [9.17, 15) is 14.0 Å². The summed E-state index contributed by atoms with van der Waals surface area (Å²) in [4.78, 5) is 36.2. The smallest absolute Gasteiger partial charge is 0.410 e. The van der Waals surface area contributed by atoms with E-state index in [1.54, 1.807) is 40.2 Å². The van der Waals surface area contributed by atoms with Crippen molar-refractivity contribution in [3.05, 3.63) is 88.8 Å². The molecule has 7 rings (SSSR count). The van der Waals surface area contributed by atoms with E-state index in [1.807, 2.05) is 45.3 Å². The van der Waals surface area contributed by atoms with Gasteiger partial charge >= 0.3 is 12.2 Å². The van der Waals surface area contributed by atoms with E-state index in [4.69, 9.17) is 20.9 Å². The van der Waals surface area contributed by atoms with Gasteiger partial charge in [0.2, 0.25) is 0 Å². The zero-order valence-electron chi connectivity index (χ0n) is 27.1. The molecule has 1 aromatic carbocycles. The van der Waals surface area contributed by atoms with Crippen LogP contribution in [0, 0.1) is 12.7 Å². The zero-order chi connectivity index (χ0) is 33.0. The molecule has 3 aliphatic rings. The summed E-state index contributed by atoms with van der Waals surface area (Å²) >= 11 is 1.77. The summed E-state index contributed by atoms with van der Waals surface area (Å²) in [7, 11) is 0. The van der Waals surface area contributed by atoms with Gasteiger partial charge in [-0.2, -0.15) is 0 Å². The molecule has 1 aliphatic carbocycles. The third-order valence-corrected chi connectivity index (χ3v) is 8.66. The predicted molar refractivity (Wildman–Crippen MR) is 178 cm³/mol. The Morgan fingerprint density at radius 2 is 1.87 bits per heavy atom. The number of nitrogens with zero attached hydrogens (tertiary/aromatic N) is 4. The fraction of sp³-hybridized carbons (Fsp3) is 0.412. The number of aromatic nitrogens is 2. The van der Waals surface area contributed by atoms with E-state index < -0.39 is 5.60 Å². The van der Waals surface area contributed by atoms with Gasteiger partial charge in [-0.25, -0.2) is 14.0 Å². The molecule has 0 spiro atoms. The first-order valence-corrected chi connectivity index (χ1v) is 16.1. The fourth-order valence-corrected chi connectivity index (χ4v) is 5.98. The standard InChI is InChI=1S/C19H17N3O2S.C8H15N2O2.C7H7FN.Y/c23-19-22(7-8-24-19)11-12-1-4-15(21-10-12)17-9-16-18(25-17)14(5-6-20-16)13-2-3-13;1-8(2,3)12-7(11)10-4-6(9)5-10;1-5-2-3-6(9)4-7(5)8;/h1,4-6,9-10,13H,2-3,7-8,11H2;6,9H,4-5H2,1-3H3;2-4,9H,1H3;/q;2*-1;. The molecule has 2 N–H and O–H groups in total. The number of carbonyl (C=O) groups excluding carboxylic acids is 2. The molecule has 0 bridgehead atoms. The van der Waals surface area contributed by atoms with Crippen LogP contribution >= 0.6 is 11.3 Å². The number of benzene rings is 1. The summed E-state index contributed by atoms with van der Waals surface area (Å²) in [6, 6.07) is 12.6. The first-order chi connectivity index (χ1) is 21.9. The van der Waals surface area contributed by atoms with E-state index in [0.717, 1.165) is 21.7 Å². The summed E-state index contributed by atoms with van der Waals surface area (Å²) in [5, 5.41) is 0. The van der Waals surface area contributed by atoms with E-state index in [2.05, 4.69) is 22.1 Å². The maximum atomic E-state index is 12.5. The van der Waals surface area contributed by atoms with Gasteiger partial charge in [-0.3, -0.25) is 9.97 Å². The summed E-state index contributed by atoms with van der Waals surface area (Å²) in [6.07, 6.45) is 5.80. The van der Waals surface area contributed by atoms with Crippen LogP contribution in [-0.2, 0) is 48.7 Å². The Balaban J connectivity index is 0.000000190. The monoisotopic (exact) mass is 735 g/mol. The molecule has 13 heteroatoms. The van der Waals surface area contributed by atoms with Crippen LogP contribution in [-0.4, -0.2) is 69.8 Å². The van der Waals surface area contributed by atoms with Crippen molar-refractivity contribution in [2.75, 3.05) is 26.2 Å². The Morgan fingerprint density at radius 1 is 1.13 bits per heavy atom. The molecule has 1 saturated carbocycles. The second-order valence-corrected chi connectivity index (χ2v) is 13.7. The van der Waals surface area contributed by atoms with Crippen molar-refractivity contribution in [1.82, 2.24) is 19.8 Å². The average Bonchev–Trinajstić information content (AvgIpc) is 3.61. The molecule has 0 atom stereocenters. The number of likely N-dealkylation sites (tertiary alicyclic amines) is 1. The number of pyridine rings is 2. The van der Waals surface area contributed by atoms with Crippen LogP contribution in [0.2, 0.25) is 0 Å². The van der Waals surface area contributed by atoms with Gasteiger partial charge in [0.05, 0.1) is 33.9 Å². The van der Waals surface area contributed by atoms with Crippen LogP contribution in [0.3, 0.4) is 0 Å². The van der Waals surface area contributed by atoms with E-state index >= 15 is 0 Å². The third kappa shape index (κ3) is 10.2. The van der Waals surface area contributed by atoms with E-state index in [0.29, 0.717) is 44.3 Å². The normalized spacial score (nSPS) is 15.8. The third-order valence-electron chi connectivity index (χ3n) is 7.46. The van der Waals surface area contributed by atoms with Crippen molar-refractivity contribution in [2.45, 2.75) is 64.6 Å². The van der Waals surface area contributed by atoms with Gasteiger partial charge in [-0.15, -0.1) is 23.1 Å². The Morgan fingerprint density at radius 3 is 2.43 bits per heavy atom. The maximum Gasteiger partial charge on any atom is 0.410 e. The van der Waals surface area contributed by atoms with Gasteiger partial charge in [-0.05, 0) is 87.4 Å². The number of amides is 2. The van der Waals surface area contributed by atoms with Gasteiger partial charge in [0, 0.05) is 58.2 Å². The number of cyclic esters (lactones) is 1. The molecule has 3 aromatic heterocycles. The Hall–Kier alpha value is -3.19. The van der Waals surface area contributed by atoms with Crippen molar-refractivity contribution in [3.63, 3.8) is 0 Å². The van der Waals surface area contributed by atoms with Crippen LogP contribution < -0.4 is 0 Å². The molecular formula is C34H39FN6O4SY-2. The minimum atomic E-state index is -0.426. The number of hydrogen-bond acceptors (Lipinski definition) is 7. The van der Waals surface area contributed by atoms with Crippen molar-refractivity contribution >= 4 is 39.4 Å². The van der Waals surface area contributed by atoms with Gasteiger partial charge in [0.1, 0.15) is 18.0 Å². The second kappa shape index (κ2) is 15.8. The van der Waals surface area contributed by atoms with Crippen LogP contribution in [0.15, 0.2) is 54.9 Å². The molecular weight excluding hydrogens is 696 g/mol. The number of thiophene rings is 1. The number of halogens is 1. The zero-order valence-corrected chi connectivity index (χ0v) is 30.7. The average molecular weight is 736 g/mol. The molecule has 2 amide bonds. The Kier molecular flexibility index (Phi) is 12.3. The SMILES string of the molecule is CC(C)(C)OC(=O)N1CC([NH-])C1.Cc1ccc([NH-])cc1F.O=C1OCCN1Cc1ccc(-c2cc3nccc(C4CC4)c3s2)nc1.[Y]. The summed E-state index contributed by atoms with van der Waals surface area (Å²) < 4.78 is 23.8. The molecule has 247 valence electrons. The maximum absolute atomic E-state index is 12.5. The van der Waals surface area contributed by atoms with Crippen molar-refractivity contribution in [2.24, 2.45) is 0 Å². The van der Waals surface area contributed by atoms with Crippen molar-refractivity contribution in [3.8, 4) is 10.6 Å². The molecule has 3 fully saturated rings. The Bertz CT molecular complexity index is 1690. The second-order valence-electron chi connectivity index (χ2n) is 12.6.